The fourth-order valence-electron chi connectivity index (χ4n) is 5.70. The van der Waals surface area contributed by atoms with Crippen molar-refractivity contribution in [2.75, 3.05) is 13.6 Å². The summed E-state index contributed by atoms with van der Waals surface area (Å²) in [7, 11) is 2.28. The van der Waals surface area contributed by atoms with Crippen molar-refractivity contribution in [3.63, 3.8) is 0 Å². The van der Waals surface area contributed by atoms with E-state index in [1.54, 1.807) is 0 Å². The van der Waals surface area contributed by atoms with E-state index in [0.717, 1.165) is 25.3 Å². The van der Waals surface area contributed by atoms with Crippen LogP contribution in [0.1, 0.15) is 64.2 Å². The van der Waals surface area contributed by atoms with E-state index in [2.05, 4.69) is 22.2 Å². The number of amides is 2. The molecule has 4 atom stereocenters. The molecule has 3 saturated heterocycles. The number of urea groups is 1. The third-order valence-electron chi connectivity index (χ3n) is 6.92. The van der Waals surface area contributed by atoms with E-state index in [-0.39, 0.29) is 6.03 Å². The van der Waals surface area contributed by atoms with E-state index in [1.807, 2.05) is 0 Å². The van der Waals surface area contributed by atoms with Crippen molar-refractivity contribution in [3.8, 4) is 0 Å². The molecule has 0 aromatic heterocycles. The molecule has 124 valence electrons. The van der Waals surface area contributed by atoms with Gasteiger partial charge in [-0.15, -0.1) is 0 Å². The van der Waals surface area contributed by atoms with E-state index < -0.39 is 0 Å². The third kappa shape index (κ3) is 2.64. The average molecular weight is 305 g/mol. The van der Waals surface area contributed by atoms with Crippen LogP contribution in [0, 0.1) is 5.92 Å². The zero-order valence-corrected chi connectivity index (χ0v) is 14.0. The smallest absolute Gasteiger partial charge is 0.317 e. The van der Waals surface area contributed by atoms with Gasteiger partial charge >= 0.3 is 6.03 Å². The van der Waals surface area contributed by atoms with Gasteiger partial charge in [0.2, 0.25) is 0 Å². The summed E-state index contributed by atoms with van der Waals surface area (Å²) in [5.74, 6) is 0.788. The molecule has 3 heterocycles. The minimum atomic E-state index is 0.240. The lowest BCUT2D eigenvalue weighted by atomic mass is 9.82. The minimum Gasteiger partial charge on any atom is -0.335 e. The average Bonchev–Trinajstić information content (AvgIpc) is 2.96. The lowest BCUT2D eigenvalue weighted by Gasteiger charge is -2.47. The first-order valence-corrected chi connectivity index (χ1v) is 9.51. The number of hydrogen-bond acceptors (Lipinski definition) is 2. The summed E-state index contributed by atoms with van der Waals surface area (Å²) in [4.78, 5) is 17.6. The van der Waals surface area contributed by atoms with Gasteiger partial charge in [-0.3, -0.25) is 0 Å². The monoisotopic (exact) mass is 305 g/mol. The second-order valence-electron chi connectivity index (χ2n) is 8.12. The van der Waals surface area contributed by atoms with E-state index in [1.165, 1.54) is 51.4 Å². The van der Waals surface area contributed by atoms with Crippen LogP contribution in [0.2, 0.25) is 0 Å². The zero-order valence-electron chi connectivity index (χ0n) is 14.0. The predicted octanol–water partition coefficient (Wildman–Crippen LogP) is 2.98. The topological polar surface area (TPSA) is 35.6 Å². The largest absolute Gasteiger partial charge is 0.335 e. The van der Waals surface area contributed by atoms with E-state index in [9.17, 15) is 4.79 Å². The Labute approximate surface area is 134 Å². The van der Waals surface area contributed by atoms with Crippen LogP contribution in [-0.4, -0.2) is 53.6 Å². The Bertz CT molecular complexity index is 413. The first kappa shape index (κ1) is 14.8. The van der Waals surface area contributed by atoms with Crippen LogP contribution in [0.15, 0.2) is 0 Å². The number of likely N-dealkylation sites (tertiary alicyclic amines) is 1. The number of fused-ring (bicyclic) bond motifs is 3. The molecule has 0 aromatic rings. The highest BCUT2D eigenvalue weighted by molar-refractivity contribution is 5.75. The predicted molar refractivity (Wildman–Crippen MR) is 87.8 cm³/mol. The van der Waals surface area contributed by atoms with Crippen LogP contribution >= 0.6 is 0 Å². The number of nitrogens with one attached hydrogen (secondary N) is 1. The van der Waals surface area contributed by atoms with Crippen LogP contribution in [0.3, 0.4) is 0 Å². The van der Waals surface area contributed by atoms with Crippen molar-refractivity contribution in [1.29, 1.82) is 0 Å². The Hall–Kier alpha value is -0.770. The quantitative estimate of drug-likeness (QED) is 0.808. The fraction of sp³-hybridized carbons (Fsp3) is 0.944. The van der Waals surface area contributed by atoms with Crippen LogP contribution in [-0.2, 0) is 0 Å². The van der Waals surface area contributed by atoms with E-state index in [4.69, 9.17) is 0 Å². The van der Waals surface area contributed by atoms with Gasteiger partial charge in [0, 0.05) is 30.7 Å². The number of rotatable bonds is 1. The number of carbonyl (C=O) groups excluding carboxylic acids is 1. The maximum absolute atomic E-state index is 12.8. The first-order chi connectivity index (χ1) is 10.7. The molecule has 3 aliphatic heterocycles. The standard InChI is InChI=1S/C18H31N3O/c1-20-15-7-3-8-16(20)12-14(11-15)19-18(22)21-10-4-6-13-5-2-9-17(13)21/h13-17H,2-12H2,1H3,(H,19,22)/t13-,15-,16-,17+/m0/s1. The van der Waals surface area contributed by atoms with Crippen molar-refractivity contribution in [3.05, 3.63) is 0 Å². The Morgan fingerprint density at radius 3 is 2.41 bits per heavy atom. The van der Waals surface area contributed by atoms with Gasteiger partial charge < -0.3 is 15.1 Å². The Balaban J connectivity index is 1.37. The molecule has 2 bridgehead atoms. The van der Waals surface area contributed by atoms with Crippen molar-refractivity contribution < 1.29 is 4.79 Å². The van der Waals surface area contributed by atoms with Crippen LogP contribution in [0.5, 0.6) is 0 Å². The highest BCUT2D eigenvalue weighted by atomic mass is 16.2. The van der Waals surface area contributed by atoms with Gasteiger partial charge in [0.05, 0.1) is 0 Å². The highest BCUT2D eigenvalue weighted by Crippen LogP contribution is 2.37. The molecular formula is C18H31N3O. The van der Waals surface area contributed by atoms with Gasteiger partial charge in [-0.05, 0) is 64.3 Å². The molecule has 4 aliphatic rings. The summed E-state index contributed by atoms with van der Waals surface area (Å²) >= 11 is 0. The highest BCUT2D eigenvalue weighted by Gasteiger charge is 2.40. The Kier molecular flexibility index (Phi) is 4.05. The summed E-state index contributed by atoms with van der Waals surface area (Å²) in [6, 6.07) is 2.57. The molecule has 0 aromatic carbocycles. The molecule has 0 unspecified atom stereocenters. The molecule has 4 rings (SSSR count). The van der Waals surface area contributed by atoms with Gasteiger partial charge in [0.1, 0.15) is 0 Å². The third-order valence-corrected chi connectivity index (χ3v) is 6.92. The van der Waals surface area contributed by atoms with Crippen LogP contribution in [0.4, 0.5) is 4.79 Å². The number of nitrogens with zero attached hydrogens (tertiary/aromatic N) is 2. The molecule has 4 nitrogen and oxygen atoms in total. The van der Waals surface area contributed by atoms with Gasteiger partial charge in [0.25, 0.3) is 0 Å². The molecule has 2 amide bonds. The SMILES string of the molecule is CN1[C@H]2CCC[C@H]1CC(NC(=O)N1CCC[C@@H]3CCC[C@H]31)C2. The van der Waals surface area contributed by atoms with Gasteiger partial charge in [-0.1, -0.05) is 12.8 Å². The van der Waals surface area contributed by atoms with Crippen molar-refractivity contribution in [2.45, 2.75) is 88.4 Å². The van der Waals surface area contributed by atoms with E-state index >= 15 is 0 Å². The van der Waals surface area contributed by atoms with Crippen molar-refractivity contribution >= 4 is 6.03 Å². The fourth-order valence-corrected chi connectivity index (χ4v) is 5.70. The second kappa shape index (κ2) is 6.03. The lowest BCUT2D eigenvalue weighted by Crippen LogP contribution is -2.58. The Morgan fingerprint density at radius 1 is 0.955 bits per heavy atom. The van der Waals surface area contributed by atoms with Gasteiger partial charge in [0.15, 0.2) is 0 Å². The maximum atomic E-state index is 12.8. The molecule has 0 radical (unpaired) electrons. The van der Waals surface area contributed by atoms with Crippen LogP contribution in [0.25, 0.3) is 0 Å². The van der Waals surface area contributed by atoms with Crippen LogP contribution < -0.4 is 5.32 Å². The summed E-state index contributed by atoms with van der Waals surface area (Å²) in [5, 5.41) is 3.41. The second-order valence-corrected chi connectivity index (χ2v) is 8.12. The van der Waals surface area contributed by atoms with Gasteiger partial charge in [-0.2, -0.15) is 0 Å². The number of piperidine rings is 3. The Morgan fingerprint density at radius 2 is 1.64 bits per heavy atom. The summed E-state index contributed by atoms with van der Waals surface area (Å²) in [6.45, 7) is 0.979. The summed E-state index contributed by atoms with van der Waals surface area (Å²) in [5.41, 5.74) is 0. The molecule has 1 N–H and O–H groups in total. The minimum absolute atomic E-state index is 0.240. The zero-order chi connectivity index (χ0) is 15.1. The summed E-state index contributed by atoms with van der Waals surface area (Å²) in [6.07, 6.45) is 12.7. The van der Waals surface area contributed by atoms with Crippen molar-refractivity contribution in [2.24, 2.45) is 5.92 Å². The number of carbonyl (C=O) groups is 1. The number of hydrogen-bond donors (Lipinski definition) is 1. The summed E-state index contributed by atoms with van der Waals surface area (Å²) < 4.78 is 0. The molecular weight excluding hydrogens is 274 g/mol. The molecule has 22 heavy (non-hydrogen) atoms. The molecule has 4 heteroatoms. The lowest BCUT2D eigenvalue weighted by molar-refractivity contribution is 0.0472. The first-order valence-electron chi connectivity index (χ1n) is 9.51. The normalized spacial score (nSPS) is 42.0. The molecule has 1 aliphatic carbocycles. The van der Waals surface area contributed by atoms with E-state index in [0.29, 0.717) is 24.2 Å². The van der Waals surface area contributed by atoms with Crippen molar-refractivity contribution in [1.82, 2.24) is 15.1 Å². The molecule has 0 spiro atoms. The maximum Gasteiger partial charge on any atom is 0.317 e. The molecule has 1 saturated carbocycles. The van der Waals surface area contributed by atoms with Gasteiger partial charge in [-0.25, -0.2) is 4.79 Å². The molecule has 4 fully saturated rings.